The molecule has 5 rings (SSSR count). The minimum Gasteiger partial charge on any atom is -0.462 e. The Balaban J connectivity index is 1.65. The summed E-state index contributed by atoms with van der Waals surface area (Å²) in [4.78, 5) is 33.1. The van der Waals surface area contributed by atoms with Gasteiger partial charge >= 0.3 is 0 Å². The number of para-hydroxylation sites is 1. The van der Waals surface area contributed by atoms with Gasteiger partial charge in [-0.2, -0.15) is 0 Å². The number of fused-ring (bicyclic) bond motifs is 1. The van der Waals surface area contributed by atoms with E-state index in [9.17, 15) is 9.59 Å². The number of hydrogen-bond donors (Lipinski definition) is 1. The number of thiophene rings is 1. The summed E-state index contributed by atoms with van der Waals surface area (Å²) in [5.41, 5.74) is 2.57. The molecule has 0 bridgehead atoms. The van der Waals surface area contributed by atoms with Crippen LogP contribution in [0.1, 0.15) is 34.9 Å². The number of carbonyl (C=O) groups excluding carboxylic acids is 1. The Labute approximate surface area is 197 Å². The lowest BCUT2D eigenvalue weighted by molar-refractivity contribution is -0.113. The van der Waals surface area contributed by atoms with E-state index in [-0.39, 0.29) is 11.5 Å². The average Bonchev–Trinajstić information content (AvgIpc) is 3.51. The molecule has 0 saturated heterocycles. The van der Waals surface area contributed by atoms with Gasteiger partial charge in [0.05, 0.1) is 15.8 Å². The number of nitrogens with one attached hydrogen (secondary N) is 1. The van der Waals surface area contributed by atoms with E-state index in [1.807, 2.05) is 74.7 Å². The van der Waals surface area contributed by atoms with Gasteiger partial charge in [-0.25, -0.2) is 4.99 Å². The third kappa shape index (κ3) is 3.92. The van der Waals surface area contributed by atoms with Crippen molar-refractivity contribution >= 4 is 40.3 Å². The number of carbonyl (C=O) groups is 1. The second-order valence-corrected chi connectivity index (χ2v) is 9.80. The zero-order valence-electron chi connectivity index (χ0n) is 18.3. The zero-order valence-corrected chi connectivity index (χ0v) is 19.9. The van der Waals surface area contributed by atoms with Gasteiger partial charge in [-0.15, -0.1) is 11.3 Å². The highest BCUT2D eigenvalue weighted by molar-refractivity contribution is 7.10. The maximum atomic E-state index is 13.5. The highest BCUT2D eigenvalue weighted by Crippen LogP contribution is 2.33. The van der Waals surface area contributed by atoms with Crippen LogP contribution in [0.5, 0.6) is 0 Å². The molecule has 0 saturated carbocycles. The van der Waals surface area contributed by atoms with Crippen LogP contribution in [-0.4, -0.2) is 10.5 Å². The summed E-state index contributed by atoms with van der Waals surface area (Å²) in [6.45, 7) is 5.62. The molecule has 0 radical (unpaired) electrons. The molecule has 0 unspecified atom stereocenters. The van der Waals surface area contributed by atoms with Gasteiger partial charge in [-0.3, -0.25) is 14.2 Å². The number of rotatable bonds is 4. The average molecular weight is 476 g/mol. The Bertz CT molecular complexity index is 1570. The second-order valence-electron chi connectivity index (χ2n) is 7.81. The van der Waals surface area contributed by atoms with E-state index < -0.39 is 6.04 Å². The Morgan fingerprint density at radius 3 is 2.64 bits per heavy atom. The van der Waals surface area contributed by atoms with Gasteiger partial charge in [0, 0.05) is 16.6 Å². The number of thiazole rings is 1. The number of amides is 1. The van der Waals surface area contributed by atoms with Gasteiger partial charge in [0.15, 0.2) is 4.80 Å². The number of aromatic nitrogens is 1. The topological polar surface area (TPSA) is 76.6 Å². The molecule has 0 aliphatic carbocycles. The number of aryl methyl sites for hydroxylation is 2. The SMILES string of the molecule is CC1=C(C(=O)Nc2ccccc2C)[C@H](c2cccs2)n2c(s/c(=C/c3ccc(C)o3)c2=O)=N1. The lowest BCUT2D eigenvalue weighted by Gasteiger charge is -2.24. The number of anilines is 1. The first-order chi connectivity index (χ1) is 15.9. The molecule has 1 aliphatic heterocycles. The number of hydrogen-bond acceptors (Lipinski definition) is 6. The lowest BCUT2D eigenvalue weighted by Crippen LogP contribution is -2.40. The van der Waals surface area contributed by atoms with Crippen LogP contribution < -0.4 is 20.2 Å². The molecule has 6 nitrogen and oxygen atoms in total. The largest absolute Gasteiger partial charge is 0.462 e. The Kier molecular flexibility index (Phi) is 5.47. The molecule has 33 heavy (non-hydrogen) atoms. The van der Waals surface area contributed by atoms with Crippen LogP contribution in [0, 0.1) is 13.8 Å². The fraction of sp³-hybridized carbons (Fsp3) is 0.160. The Hall–Kier alpha value is -3.49. The summed E-state index contributed by atoms with van der Waals surface area (Å²) in [5, 5.41) is 4.96. The van der Waals surface area contributed by atoms with Crippen molar-refractivity contribution in [2.24, 2.45) is 4.99 Å². The molecule has 3 aromatic heterocycles. The van der Waals surface area contributed by atoms with Crippen molar-refractivity contribution in [2.45, 2.75) is 26.8 Å². The molecule has 0 spiro atoms. The van der Waals surface area contributed by atoms with Crippen molar-refractivity contribution in [1.82, 2.24) is 4.57 Å². The summed E-state index contributed by atoms with van der Waals surface area (Å²) in [5.74, 6) is 1.12. The maximum absolute atomic E-state index is 13.5. The molecule has 0 fully saturated rings. The van der Waals surface area contributed by atoms with Crippen LogP contribution in [-0.2, 0) is 4.79 Å². The number of benzene rings is 1. The molecule has 1 aliphatic rings. The molecular formula is C25H21N3O3S2. The van der Waals surface area contributed by atoms with E-state index in [0.29, 0.717) is 26.4 Å². The molecule has 8 heteroatoms. The molecule has 4 heterocycles. The smallest absolute Gasteiger partial charge is 0.271 e. The minimum absolute atomic E-state index is 0.195. The van der Waals surface area contributed by atoms with Crippen LogP contribution in [0.2, 0.25) is 0 Å². The van der Waals surface area contributed by atoms with E-state index in [1.54, 1.807) is 10.6 Å². The molecule has 1 amide bonds. The van der Waals surface area contributed by atoms with Crippen molar-refractivity contribution in [3.63, 3.8) is 0 Å². The number of furan rings is 1. The van der Waals surface area contributed by atoms with E-state index >= 15 is 0 Å². The van der Waals surface area contributed by atoms with Crippen molar-refractivity contribution in [1.29, 1.82) is 0 Å². The molecular weight excluding hydrogens is 454 g/mol. The van der Waals surface area contributed by atoms with Crippen LogP contribution >= 0.6 is 22.7 Å². The summed E-state index contributed by atoms with van der Waals surface area (Å²) >= 11 is 2.81. The van der Waals surface area contributed by atoms with E-state index in [2.05, 4.69) is 10.3 Å². The highest BCUT2D eigenvalue weighted by atomic mass is 32.1. The van der Waals surface area contributed by atoms with Gasteiger partial charge in [0.1, 0.15) is 17.6 Å². The van der Waals surface area contributed by atoms with Crippen LogP contribution in [0.15, 0.2) is 79.4 Å². The normalized spacial score (nSPS) is 16.0. The first kappa shape index (κ1) is 21.4. The van der Waals surface area contributed by atoms with Crippen molar-refractivity contribution < 1.29 is 9.21 Å². The minimum atomic E-state index is -0.550. The highest BCUT2D eigenvalue weighted by Gasteiger charge is 2.33. The molecule has 1 N–H and O–H groups in total. The summed E-state index contributed by atoms with van der Waals surface area (Å²) < 4.78 is 7.77. The summed E-state index contributed by atoms with van der Waals surface area (Å²) in [7, 11) is 0. The molecule has 1 aromatic carbocycles. The lowest BCUT2D eigenvalue weighted by atomic mass is 10.0. The quantitative estimate of drug-likeness (QED) is 0.482. The van der Waals surface area contributed by atoms with Crippen molar-refractivity contribution in [3.8, 4) is 0 Å². The summed E-state index contributed by atoms with van der Waals surface area (Å²) in [6, 6.07) is 14.6. The maximum Gasteiger partial charge on any atom is 0.271 e. The number of allylic oxidation sites excluding steroid dienone is 1. The monoisotopic (exact) mass is 475 g/mol. The molecule has 4 aromatic rings. The van der Waals surface area contributed by atoms with Gasteiger partial charge in [-0.05, 0) is 56.0 Å². The van der Waals surface area contributed by atoms with E-state index in [0.717, 1.165) is 21.9 Å². The predicted molar refractivity (Wildman–Crippen MR) is 131 cm³/mol. The third-order valence-corrected chi connectivity index (χ3v) is 7.41. The summed E-state index contributed by atoms with van der Waals surface area (Å²) in [6.07, 6.45) is 1.73. The Morgan fingerprint density at radius 2 is 1.94 bits per heavy atom. The van der Waals surface area contributed by atoms with Crippen molar-refractivity contribution in [2.75, 3.05) is 5.32 Å². The van der Waals surface area contributed by atoms with Crippen LogP contribution in [0.4, 0.5) is 5.69 Å². The fourth-order valence-corrected chi connectivity index (χ4v) is 5.74. The standard InChI is InChI=1S/C25H21N3O3S2/c1-14-7-4-5-8-18(14)27-23(29)21-16(3)26-25-28(22(21)19-9-6-12-32-19)24(30)20(33-25)13-17-11-10-15(2)31-17/h4-13,22H,1-3H3,(H,27,29)/b20-13+/t22-/m0/s1. The van der Waals surface area contributed by atoms with Crippen LogP contribution in [0.25, 0.3) is 6.08 Å². The van der Waals surface area contributed by atoms with Crippen molar-refractivity contribution in [3.05, 3.63) is 107 Å². The zero-order chi connectivity index (χ0) is 23.1. The van der Waals surface area contributed by atoms with Gasteiger partial charge < -0.3 is 9.73 Å². The van der Waals surface area contributed by atoms with Gasteiger partial charge in [0.2, 0.25) is 0 Å². The van der Waals surface area contributed by atoms with Gasteiger partial charge in [-0.1, -0.05) is 35.6 Å². The van der Waals surface area contributed by atoms with E-state index in [1.165, 1.54) is 22.7 Å². The third-order valence-electron chi connectivity index (χ3n) is 5.51. The second kappa shape index (κ2) is 8.46. The first-order valence-corrected chi connectivity index (χ1v) is 12.1. The van der Waals surface area contributed by atoms with Gasteiger partial charge in [0.25, 0.3) is 11.5 Å². The van der Waals surface area contributed by atoms with Crippen LogP contribution in [0.3, 0.4) is 0 Å². The van der Waals surface area contributed by atoms with E-state index in [4.69, 9.17) is 4.42 Å². The first-order valence-electron chi connectivity index (χ1n) is 10.4. The fourth-order valence-electron chi connectivity index (χ4n) is 3.89. The predicted octanol–water partition coefficient (Wildman–Crippen LogP) is 4.15. The molecule has 166 valence electrons. The molecule has 1 atom stereocenters. The number of nitrogens with zero attached hydrogens (tertiary/aromatic N) is 2. The Morgan fingerprint density at radius 1 is 1.12 bits per heavy atom.